The Hall–Kier alpha value is -2.85. The van der Waals surface area contributed by atoms with E-state index in [2.05, 4.69) is 32.9 Å². The first kappa shape index (κ1) is 24.3. The van der Waals surface area contributed by atoms with Crippen molar-refractivity contribution in [2.24, 2.45) is 0 Å². The van der Waals surface area contributed by atoms with Crippen LogP contribution in [-0.4, -0.2) is 32.0 Å². The molecule has 3 aromatic rings. The summed E-state index contributed by atoms with van der Waals surface area (Å²) in [5.74, 6) is -0.582. The average molecular weight is 545 g/mol. The highest BCUT2D eigenvalue weighted by molar-refractivity contribution is 9.10. The normalized spacial score (nSPS) is 14.6. The number of phenolic OH excluding ortho intramolecular Hbond substituents is 2. The van der Waals surface area contributed by atoms with Gasteiger partial charge in [-0.1, -0.05) is 54.8 Å². The summed E-state index contributed by atoms with van der Waals surface area (Å²) < 4.78 is 1.76. The number of hydrogen-bond acceptors (Lipinski definition) is 7. The third-order valence-corrected chi connectivity index (χ3v) is 7.18. The van der Waals surface area contributed by atoms with Crippen molar-refractivity contribution in [1.82, 2.24) is 10.1 Å². The molecule has 0 saturated heterocycles. The number of aromatic hydroxyl groups is 2. The number of hydrogen-bond donors (Lipinski definition) is 2. The average Bonchev–Trinajstić information content (AvgIpc) is 2.80. The molecular weight excluding hydrogens is 520 g/mol. The lowest BCUT2D eigenvalue weighted by Gasteiger charge is -2.33. The third-order valence-electron chi connectivity index (χ3n) is 5.65. The standard InChI is InChI=1S/C24H25BrN4O4S/c1-3-4-5-8-11-34-24-26-22(33)20-16-9-6-7-10-18(16)28(14(2)30)23(29(20)27-24)15-12-17(25)21(32)19(31)13-15/h6-7,9-10,12-13,23H,3-5,8,11H2,1-2H3,(H2,26,27,33). The van der Waals surface area contributed by atoms with Crippen LogP contribution in [0.25, 0.3) is 11.3 Å². The summed E-state index contributed by atoms with van der Waals surface area (Å²) in [5, 5.41) is 38.6. The van der Waals surface area contributed by atoms with E-state index in [0.717, 1.165) is 31.4 Å². The zero-order valence-electron chi connectivity index (χ0n) is 18.9. The number of halogens is 1. The minimum Gasteiger partial charge on any atom is -0.854 e. The second-order valence-electron chi connectivity index (χ2n) is 8.05. The van der Waals surface area contributed by atoms with E-state index in [1.807, 2.05) is 0 Å². The summed E-state index contributed by atoms with van der Waals surface area (Å²) in [7, 11) is 0. The van der Waals surface area contributed by atoms with Gasteiger partial charge < -0.3 is 15.3 Å². The fourth-order valence-corrected chi connectivity index (χ4v) is 5.37. The predicted molar refractivity (Wildman–Crippen MR) is 131 cm³/mol. The number of amides is 1. The SMILES string of the molecule is CCCCCCSc1nc([O-])c2[n+](n1)C(c1cc(O)c(O)c(Br)c1)N(C(C)=O)c1ccccc1-2. The van der Waals surface area contributed by atoms with Crippen molar-refractivity contribution in [3.05, 3.63) is 46.4 Å². The van der Waals surface area contributed by atoms with Gasteiger partial charge in [0.1, 0.15) is 0 Å². The van der Waals surface area contributed by atoms with Crippen molar-refractivity contribution in [1.29, 1.82) is 0 Å². The Bertz CT molecular complexity index is 1220. The van der Waals surface area contributed by atoms with Gasteiger partial charge in [0.05, 0.1) is 27.2 Å². The summed E-state index contributed by atoms with van der Waals surface area (Å²) >= 11 is 4.66. The molecule has 34 heavy (non-hydrogen) atoms. The summed E-state index contributed by atoms with van der Waals surface area (Å²) in [6.45, 7) is 3.59. The maximum atomic E-state index is 13.2. The van der Waals surface area contributed by atoms with Crippen LogP contribution in [0.15, 0.2) is 46.0 Å². The second kappa shape index (κ2) is 10.2. The molecule has 1 aliphatic heterocycles. The number of carbonyl (C=O) groups is 1. The minimum atomic E-state index is -0.861. The van der Waals surface area contributed by atoms with Crippen LogP contribution in [0.3, 0.4) is 0 Å². The Morgan fingerprint density at radius 1 is 1.24 bits per heavy atom. The maximum Gasteiger partial charge on any atom is 0.293 e. The molecule has 178 valence electrons. The summed E-state index contributed by atoms with van der Waals surface area (Å²) in [4.78, 5) is 18.7. The number of thioether (sulfide) groups is 1. The van der Waals surface area contributed by atoms with E-state index in [1.54, 1.807) is 30.3 Å². The second-order valence-corrected chi connectivity index (χ2v) is 9.97. The molecule has 4 rings (SSSR count). The van der Waals surface area contributed by atoms with Gasteiger partial charge in [0, 0.05) is 17.8 Å². The molecule has 1 amide bonds. The monoisotopic (exact) mass is 544 g/mol. The number of anilines is 1. The fourth-order valence-electron chi connectivity index (χ4n) is 4.08. The molecule has 2 heterocycles. The minimum absolute atomic E-state index is 0.258. The first-order valence-electron chi connectivity index (χ1n) is 11.1. The fraction of sp³-hybridized carbons (Fsp3) is 0.333. The highest BCUT2D eigenvalue weighted by Crippen LogP contribution is 2.43. The molecule has 0 spiro atoms. The molecule has 0 bridgehead atoms. The molecule has 1 aliphatic rings. The first-order chi connectivity index (χ1) is 16.3. The van der Waals surface area contributed by atoms with Crippen molar-refractivity contribution < 1.29 is 24.8 Å². The molecule has 0 fully saturated rings. The molecule has 2 aromatic carbocycles. The number of fused-ring (bicyclic) bond motifs is 3. The van der Waals surface area contributed by atoms with Gasteiger partial charge in [-0.3, -0.25) is 4.79 Å². The van der Waals surface area contributed by atoms with Crippen molar-refractivity contribution >= 4 is 39.3 Å². The lowest BCUT2D eigenvalue weighted by Crippen LogP contribution is -2.58. The van der Waals surface area contributed by atoms with Gasteiger partial charge >= 0.3 is 0 Å². The van der Waals surface area contributed by atoms with E-state index in [1.165, 1.54) is 34.3 Å². The number of nitrogens with zero attached hydrogens (tertiary/aromatic N) is 4. The molecule has 1 unspecified atom stereocenters. The Balaban J connectivity index is 1.88. The third kappa shape index (κ3) is 4.56. The van der Waals surface area contributed by atoms with E-state index in [-0.39, 0.29) is 27.6 Å². The molecule has 1 aromatic heterocycles. The summed E-state index contributed by atoms with van der Waals surface area (Å²) in [6.07, 6.45) is 3.51. The van der Waals surface area contributed by atoms with Crippen LogP contribution < -0.4 is 14.7 Å². The van der Waals surface area contributed by atoms with Gasteiger partial charge in [0.15, 0.2) is 11.5 Å². The Labute approximate surface area is 210 Å². The number of aromatic nitrogens is 3. The molecule has 0 radical (unpaired) electrons. The van der Waals surface area contributed by atoms with Gasteiger partial charge in [0.25, 0.3) is 17.0 Å². The quantitative estimate of drug-likeness (QED) is 0.197. The van der Waals surface area contributed by atoms with Crippen LogP contribution in [0.4, 0.5) is 5.69 Å². The van der Waals surface area contributed by atoms with E-state index in [9.17, 15) is 20.1 Å². The first-order valence-corrected chi connectivity index (χ1v) is 12.9. The van der Waals surface area contributed by atoms with Crippen LogP contribution in [-0.2, 0) is 4.79 Å². The van der Waals surface area contributed by atoms with Gasteiger partial charge in [-0.2, -0.15) is 0 Å². The maximum absolute atomic E-state index is 13.2. The van der Waals surface area contributed by atoms with Gasteiger partial charge in [-0.15, -0.1) is 0 Å². The summed E-state index contributed by atoms with van der Waals surface area (Å²) in [6, 6.07) is 10.1. The highest BCUT2D eigenvalue weighted by atomic mass is 79.9. The lowest BCUT2D eigenvalue weighted by atomic mass is 10.0. The lowest BCUT2D eigenvalue weighted by molar-refractivity contribution is -0.764. The van der Waals surface area contributed by atoms with Crippen LogP contribution in [0, 0.1) is 0 Å². The van der Waals surface area contributed by atoms with Crippen molar-refractivity contribution in [2.45, 2.75) is 50.9 Å². The zero-order valence-corrected chi connectivity index (χ0v) is 21.3. The van der Waals surface area contributed by atoms with E-state index in [0.29, 0.717) is 22.0 Å². The van der Waals surface area contributed by atoms with Crippen LogP contribution in [0.5, 0.6) is 17.4 Å². The number of phenols is 2. The van der Waals surface area contributed by atoms with Crippen LogP contribution in [0.2, 0.25) is 0 Å². The van der Waals surface area contributed by atoms with Crippen LogP contribution in [0.1, 0.15) is 51.3 Å². The van der Waals surface area contributed by atoms with E-state index < -0.39 is 12.0 Å². The Morgan fingerprint density at radius 3 is 2.71 bits per heavy atom. The van der Waals surface area contributed by atoms with Gasteiger partial charge in [0.2, 0.25) is 5.91 Å². The van der Waals surface area contributed by atoms with Crippen molar-refractivity contribution in [3.63, 3.8) is 0 Å². The largest absolute Gasteiger partial charge is 0.854 e. The van der Waals surface area contributed by atoms with Crippen LogP contribution >= 0.6 is 27.7 Å². The molecule has 1 atom stereocenters. The van der Waals surface area contributed by atoms with E-state index in [4.69, 9.17) is 0 Å². The molecule has 2 N–H and O–H groups in total. The van der Waals surface area contributed by atoms with Crippen molar-refractivity contribution in [3.8, 4) is 28.6 Å². The Kier molecular flexibility index (Phi) is 7.27. The molecule has 10 heteroatoms. The molecule has 0 aliphatic carbocycles. The predicted octanol–water partition coefficient (Wildman–Crippen LogP) is 4.26. The number of unbranched alkanes of at least 4 members (excludes halogenated alkanes) is 3. The topological polar surface area (TPSA) is 113 Å². The number of carbonyl (C=O) groups excluding carboxylic acids is 1. The molecule has 0 saturated carbocycles. The van der Waals surface area contributed by atoms with Crippen molar-refractivity contribution in [2.75, 3.05) is 10.7 Å². The molecular formula is C24H25BrN4O4S. The zero-order chi connectivity index (χ0) is 24.4. The number of benzene rings is 2. The molecule has 8 nitrogen and oxygen atoms in total. The highest BCUT2D eigenvalue weighted by Gasteiger charge is 2.44. The van der Waals surface area contributed by atoms with E-state index >= 15 is 0 Å². The van der Waals surface area contributed by atoms with Gasteiger partial charge in [-0.05, 0) is 46.6 Å². The number of rotatable bonds is 7. The smallest absolute Gasteiger partial charge is 0.293 e. The summed E-state index contributed by atoms with van der Waals surface area (Å²) in [5.41, 5.74) is 1.83. The number of para-hydroxylation sites is 1. The van der Waals surface area contributed by atoms with Gasteiger partial charge in [-0.25, -0.2) is 9.88 Å². The Morgan fingerprint density at radius 2 is 2.00 bits per heavy atom.